The smallest absolute Gasteiger partial charge is 0.383 e. The molecule has 0 bridgehead atoms. The van der Waals surface area contributed by atoms with E-state index in [9.17, 15) is 13.2 Å². The zero-order valence-electron chi connectivity index (χ0n) is 12.8. The third kappa shape index (κ3) is 5.55. The van der Waals surface area contributed by atoms with Gasteiger partial charge < -0.3 is 15.0 Å². The topological polar surface area (TPSA) is 24.5 Å². The van der Waals surface area contributed by atoms with Crippen LogP contribution in [-0.2, 0) is 17.5 Å². The quantitative estimate of drug-likeness (QED) is 0.746. The molecule has 0 aliphatic rings. The molecule has 0 aromatic heterocycles. The van der Waals surface area contributed by atoms with E-state index in [4.69, 9.17) is 4.74 Å². The first kappa shape index (κ1) is 17.8. The monoisotopic (exact) mass is 304 g/mol. The Kier molecular flexibility index (Phi) is 6.98. The Hall–Kier alpha value is -1.27. The number of nitrogens with zero attached hydrogens (tertiary/aromatic N) is 1. The van der Waals surface area contributed by atoms with Crippen LogP contribution in [0, 0.1) is 0 Å². The molecule has 6 heteroatoms. The first-order valence-electron chi connectivity index (χ1n) is 7.01. The molecule has 120 valence electrons. The van der Waals surface area contributed by atoms with Crippen LogP contribution in [-0.4, -0.2) is 33.9 Å². The fourth-order valence-electron chi connectivity index (χ4n) is 2.08. The Morgan fingerprint density at radius 2 is 2.00 bits per heavy atom. The summed E-state index contributed by atoms with van der Waals surface area (Å²) >= 11 is 0. The van der Waals surface area contributed by atoms with Crippen LogP contribution in [0.1, 0.15) is 24.5 Å². The number of methoxy groups -OCH3 is 1. The van der Waals surface area contributed by atoms with Gasteiger partial charge in [0.1, 0.15) is 0 Å². The van der Waals surface area contributed by atoms with Gasteiger partial charge in [-0.2, -0.15) is 13.2 Å². The summed E-state index contributed by atoms with van der Waals surface area (Å²) in [6.45, 7) is 3.89. The Labute approximate surface area is 124 Å². The summed E-state index contributed by atoms with van der Waals surface area (Å²) in [6, 6.07) is 4.51. The molecule has 0 spiro atoms. The van der Waals surface area contributed by atoms with Crippen molar-refractivity contribution >= 4 is 5.69 Å². The molecule has 0 saturated heterocycles. The van der Waals surface area contributed by atoms with Crippen LogP contribution < -0.4 is 10.2 Å². The maximum Gasteiger partial charge on any atom is 0.416 e. The second-order valence-electron chi connectivity index (χ2n) is 4.93. The number of hydrogen-bond acceptors (Lipinski definition) is 3. The number of anilines is 1. The number of benzene rings is 1. The highest BCUT2D eigenvalue weighted by Crippen LogP contribution is 2.34. The van der Waals surface area contributed by atoms with Crippen molar-refractivity contribution in [1.82, 2.24) is 5.32 Å². The van der Waals surface area contributed by atoms with Gasteiger partial charge in [0.2, 0.25) is 0 Å². The van der Waals surface area contributed by atoms with Crippen LogP contribution in [0.5, 0.6) is 0 Å². The first-order valence-corrected chi connectivity index (χ1v) is 7.01. The fraction of sp³-hybridized carbons (Fsp3) is 0.600. The molecule has 0 atom stereocenters. The second kappa shape index (κ2) is 8.24. The molecule has 1 N–H and O–H groups in total. The highest BCUT2D eigenvalue weighted by molar-refractivity contribution is 5.51. The number of nitrogens with one attached hydrogen (secondary N) is 1. The van der Waals surface area contributed by atoms with E-state index in [1.54, 1.807) is 26.3 Å². The third-order valence-electron chi connectivity index (χ3n) is 3.20. The van der Waals surface area contributed by atoms with Gasteiger partial charge in [-0.05, 0) is 24.1 Å². The van der Waals surface area contributed by atoms with Gasteiger partial charge in [0.05, 0.1) is 12.2 Å². The third-order valence-corrected chi connectivity index (χ3v) is 3.20. The molecule has 0 aliphatic carbocycles. The largest absolute Gasteiger partial charge is 0.416 e. The predicted octanol–water partition coefficient (Wildman–Crippen LogP) is 3.29. The summed E-state index contributed by atoms with van der Waals surface area (Å²) < 4.78 is 44.4. The summed E-state index contributed by atoms with van der Waals surface area (Å²) in [5.74, 6) is 0. The van der Waals surface area contributed by atoms with Gasteiger partial charge in [-0.3, -0.25) is 0 Å². The van der Waals surface area contributed by atoms with Gasteiger partial charge in [-0.15, -0.1) is 0 Å². The van der Waals surface area contributed by atoms with E-state index in [1.807, 2.05) is 11.8 Å². The maximum atomic E-state index is 13.2. The summed E-state index contributed by atoms with van der Waals surface area (Å²) in [6.07, 6.45) is -3.46. The molecule has 1 aromatic carbocycles. The van der Waals surface area contributed by atoms with Crippen molar-refractivity contribution < 1.29 is 17.9 Å². The molecule has 0 heterocycles. The summed E-state index contributed by atoms with van der Waals surface area (Å²) in [5.41, 5.74) is 0.268. The molecule has 1 rings (SSSR count). The van der Waals surface area contributed by atoms with Crippen molar-refractivity contribution in [2.24, 2.45) is 0 Å². The van der Waals surface area contributed by atoms with E-state index in [0.717, 1.165) is 13.0 Å². The van der Waals surface area contributed by atoms with Crippen LogP contribution in [0.4, 0.5) is 18.9 Å². The van der Waals surface area contributed by atoms with Crippen LogP contribution >= 0.6 is 0 Å². The zero-order valence-corrected chi connectivity index (χ0v) is 12.8. The average molecular weight is 304 g/mol. The van der Waals surface area contributed by atoms with Crippen molar-refractivity contribution in [3.8, 4) is 0 Å². The summed E-state index contributed by atoms with van der Waals surface area (Å²) in [5, 5.41) is 2.95. The van der Waals surface area contributed by atoms with E-state index in [1.165, 1.54) is 6.07 Å². The molecule has 0 amide bonds. The number of alkyl halides is 3. The lowest BCUT2D eigenvalue weighted by atomic mass is 10.1. The predicted molar refractivity (Wildman–Crippen MR) is 78.6 cm³/mol. The minimum Gasteiger partial charge on any atom is -0.383 e. The summed E-state index contributed by atoms with van der Waals surface area (Å²) in [4.78, 5) is 1.83. The van der Waals surface area contributed by atoms with Gasteiger partial charge in [-0.25, -0.2) is 0 Å². The number of hydrogen-bond donors (Lipinski definition) is 1. The molecule has 21 heavy (non-hydrogen) atoms. The van der Waals surface area contributed by atoms with Crippen LogP contribution in [0.15, 0.2) is 18.2 Å². The molecule has 0 fully saturated rings. The molecule has 0 unspecified atom stereocenters. The maximum absolute atomic E-state index is 13.2. The molecule has 1 aromatic rings. The van der Waals surface area contributed by atoms with Crippen molar-refractivity contribution in [2.75, 3.05) is 38.8 Å². The fourth-order valence-corrected chi connectivity index (χ4v) is 2.08. The van der Waals surface area contributed by atoms with Crippen LogP contribution in [0.3, 0.4) is 0 Å². The van der Waals surface area contributed by atoms with Crippen molar-refractivity contribution in [3.05, 3.63) is 29.3 Å². The second-order valence-corrected chi connectivity index (χ2v) is 4.93. The SMILES string of the molecule is CCCN(C)c1ccc(CNCCOC)c(C(F)(F)F)c1. The van der Waals surface area contributed by atoms with E-state index in [-0.39, 0.29) is 12.1 Å². The first-order chi connectivity index (χ1) is 9.90. The lowest BCUT2D eigenvalue weighted by molar-refractivity contribution is -0.138. The number of rotatable bonds is 8. The number of halogens is 3. The van der Waals surface area contributed by atoms with Crippen molar-refractivity contribution in [2.45, 2.75) is 26.1 Å². The lowest BCUT2D eigenvalue weighted by Crippen LogP contribution is -2.22. The molecule has 0 saturated carbocycles. The van der Waals surface area contributed by atoms with Gasteiger partial charge in [0, 0.05) is 39.5 Å². The minimum atomic E-state index is -4.35. The van der Waals surface area contributed by atoms with Gasteiger partial charge in [-0.1, -0.05) is 13.0 Å². The zero-order chi connectivity index (χ0) is 15.9. The van der Waals surface area contributed by atoms with Gasteiger partial charge >= 0.3 is 6.18 Å². The molecule has 3 nitrogen and oxygen atoms in total. The lowest BCUT2D eigenvalue weighted by Gasteiger charge is -2.21. The Bertz CT molecular complexity index is 435. The van der Waals surface area contributed by atoms with E-state index in [2.05, 4.69) is 5.32 Å². The highest BCUT2D eigenvalue weighted by atomic mass is 19.4. The van der Waals surface area contributed by atoms with E-state index >= 15 is 0 Å². The number of ether oxygens (including phenoxy) is 1. The van der Waals surface area contributed by atoms with E-state index in [0.29, 0.717) is 18.8 Å². The van der Waals surface area contributed by atoms with Crippen molar-refractivity contribution in [1.29, 1.82) is 0 Å². The Morgan fingerprint density at radius 3 is 2.57 bits per heavy atom. The Balaban J connectivity index is 2.92. The van der Waals surface area contributed by atoms with Crippen molar-refractivity contribution in [3.63, 3.8) is 0 Å². The van der Waals surface area contributed by atoms with Gasteiger partial charge in [0.25, 0.3) is 0 Å². The average Bonchev–Trinajstić information content (AvgIpc) is 2.43. The standard InChI is InChI=1S/C15H23F3N2O/c1-4-8-20(2)13-6-5-12(11-19-7-9-21-3)14(10-13)15(16,17)18/h5-6,10,19H,4,7-9,11H2,1-3H3. The molecule has 0 aliphatic heterocycles. The highest BCUT2D eigenvalue weighted by Gasteiger charge is 2.33. The molecule has 0 radical (unpaired) electrons. The Morgan fingerprint density at radius 1 is 1.29 bits per heavy atom. The normalized spacial score (nSPS) is 11.7. The van der Waals surface area contributed by atoms with Gasteiger partial charge in [0.15, 0.2) is 0 Å². The molecular weight excluding hydrogens is 281 g/mol. The van der Waals surface area contributed by atoms with E-state index < -0.39 is 11.7 Å². The minimum absolute atomic E-state index is 0.177. The van der Waals surface area contributed by atoms with Crippen LogP contribution in [0.25, 0.3) is 0 Å². The van der Waals surface area contributed by atoms with Crippen LogP contribution in [0.2, 0.25) is 0 Å². The summed E-state index contributed by atoms with van der Waals surface area (Å²) in [7, 11) is 3.36. The molecular formula is C15H23F3N2O.